The zero-order valence-corrected chi connectivity index (χ0v) is 18.8. The number of hydrogen-bond donors (Lipinski definition) is 3. The fraction of sp³-hybridized carbons (Fsp3) is 0.760. The first-order valence-electron chi connectivity index (χ1n) is 11.5. The van der Waals surface area contributed by atoms with Crippen LogP contribution < -0.4 is 0 Å². The molecule has 4 unspecified atom stereocenters. The zero-order chi connectivity index (χ0) is 21.8. The summed E-state index contributed by atoms with van der Waals surface area (Å²) in [5, 5.41) is 29.9. The average molecular weight is 421 g/mol. The van der Waals surface area contributed by atoms with Crippen molar-refractivity contribution in [3.8, 4) is 0 Å². The van der Waals surface area contributed by atoms with Gasteiger partial charge in [-0.1, -0.05) is 35.5 Å². The van der Waals surface area contributed by atoms with Crippen LogP contribution >= 0.6 is 0 Å². The van der Waals surface area contributed by atoms with E-state index in [1.807, 2.05) is 0 Å². The van der Waals surface area contributed by atoms with Crippen LogP contribution in [0, 0.1) is 23.7 Å². The SMILES string of the molecule is C=C1CC[C@@H]([C@H](CCC=C(C)C)COC2OCC(O)C(O)C2O)[C@@H]2C=C(C)CC[C@H]12. The second-order valence-electron chi connectivity index (χ2n) is 9.80. The molecule has 0 aromatic rings. The second kappa shape index (κ2) is 10.6. The predicted octanol–water partition coefficient (Wildman–Crippen LogP) is 3.74. The van der Waals surface area contributed by atoms with E-state index in [0.717, 1.165) is 32.1 Å². The van der Waals surface area contributed by atoms with Crippen molar-refractivity contribution in [3.63, 3.8) is 0 Å². The summed E-state index contributed by atoms with van der Waals surface area (Å²) >= 11 is 0. The Morgan fingerprint density at radius 1 is 1.23 bits per heavy atom. The topological polar surface area (TPSA) is 79.2 Å². The highest BCUT2D eigenvalue weighted by molar-refractivity contribution is 5.19. The van der Waals surface area contributed by atoms with Gasteiger partial charge in [0.15, 0.2) is 6.29 Å². The molecule has 0 spiro atoms. The molecule has 3 aliphatic rings. The summed E-state index contributed by atoms with van der Waals surface area (Å²) in [5.41, 5.74) is 4.19. The fourth-order valence-corrected chi connectivity index (χ4v) is 5.43. The molecule has 2 aliphatic carbocycles. The van der Waals surface area contributed by atoms with E-state index in [0.29, 0.717) is 30.3 Å². The third-order valence-corrected chi connectivity index (χ3v) is 7.23. The summed E-state index contributed by atoms with van der Waals surface area (Å²) in [5.74, 6) is 1.91. The van der Waals surface area contributed by atoms with Crippen molar-refractivity contribution in [2.45, 2.75) is 83.9 Å². The predicted molar refractivity (Wildman–Crippen MR) is 118 cm³/mol. The number of aliphatic hydroxyl groups is 3. The average Bonchev–Trinajstić information content (AvgIpc) is 2.70. The number of aliphatic hydroxyl groups excluding tert-OH is 3. The lowest BCUT2D eigenvalue weighted by Gasteiger charge is -2.45. The van der Waals surface area contributed by atoms with Crippen molar-refractivity contribution in [2.24, 2.45) is 23.7 Å². The van der Waals surface area contributed by atoms with E-state index in [4.69, 9.17) is 9.47 Å². The molecule has 0 aromatic heterocycles. The Balaban J connectivity index is 1.72. The summed E-state index contributed by atoms with van der Waals surface area (Å²) in [6, 6.07) is 0. The quantitative estimate of drug-likeness (QED) is 0.547. The van der Waals surface area contributed by atoms with Gasteiger partial charge in [-0.05, 0) is 83.0 Å². The van der Waals surface area contributed by atoms with Crippen molar-refractivity contribution in [3.05, 3.63) is 35.5 Å². The molecular weight excluding hydrogens is 380 g/mol. The van der Waals surface area contributed by atoms with Gasteiger partial charge >= 0.3 is 0 Å². The van der Waals surface area contributed by atoms with Crippen LogP contribution in [0.3, 0.4) is 0 Å². The van der Waals surface area contributed by atoms with Crippen LogP contribution in [0.1, 0.15) is 59.3 Å². The number of rotatable bonds is 7. The lowest BCUT2D eigenvalue weighted by molar-refractivity contribution is -0.274. The van der Waals surface area contributed by atoms with Crippen LogP contribution in [0.2, 0.25) is 0 Å². The van der Waals surface area contributed by atoms with Crippen molar-refractivity contribution in [1.29, 1.82) is 0 Å². The molecule has 8 atom stereocenters. The molecule has 1 saturated carbocycles. The Kier molecular flexibility index (Phi) is 8.33. The van der Waals surface area contributed by atoms with E-state index in [1.54, 1.807) is 0 Å². The summed E-state index contributed by atoms with van der Waals surface area (Å²) in [7, 11) is 0. The number of allylic oxidation sites excluding steroid dienone is 5. The van der Waals surface area contributed by atoms with Gasteiger partial charge in [-0.25, -0.2) is 0 Å². The molecule has 5 heteroatoms. The van der Waals surface area contributed by atoms with E-state index in [2.05, 4.69) is 39.5 Å². The molecule has 0 amide bonds. The Morgan fingerprint density at radius 2 is 2.00 bits per heavy atom. The molecule has 3 rings (SSSR count). The molecule has 170 valence electrons. The van der Waals surface area contributed by atoms with Gasteiger partial charge in [0, 0.05) is 0 Å². The minimum absolute atomic E-state index is 0.0266. The maximum Gasteiger partial charge on any atom is 0.186 e. The lowest BCUT2D eigenvalue weighted by Crippen LogP contribution is -2.54. The Labute approximate surface area is 181 Å². The summed E-state index contributed by atoms with van der Waals surface area (Å²) in [4.78, 5) is 0. The highest BCUT2D eigenvalue weighted by atomic mass is 16.7. The second-order valence-corrected chi connectivity index (χ2v) is 9.80. The molecule has 1 aliphatic heterocycles. The molecule has 0 bridgehead atoms. The largest absolute Gasteiger partial charge is 0.388 e. The van der Waals surface area contributed by atoms with Crippen LogP contribution in [-0.2, 0) is 9.47 Å². The highest BCUT2D eigenvalue weighted by Gasteiger charge is 2.41. The summed E-state index contributed by atoms with van der Waals surface area (Å²) < 4.78 is 11.5. The van der Waals surface area contributed by atoms with Crippen LogP contribution in [-0.4, -0.2) is 53.1 Å². The van der Waals surface area contributed by atoms with E-state index in [9.17, 15) is 15.3 Å². The van der Waals surface area contributed by atoms with Crippen molar-refractivity contribution in [1.82, 2.24) is 0 Å². The maximum absolute atomic E-state index is 10.2. The molecule has 30 heavy (non-hydrogen) atoms. The van der Waals surface area contributed by atoms with Crippen LogP contribution in [0.15, 0.2) is 35.5 Å². The molecule has 0 radical (unpaired) electrons. The number of fused-ring (bicyclic) bond motifs is 1. The first-order valence-corrected chi connectivity index (χ1v) is 11.5. The fourth-order valence-electron chi connectivity index (χ4n) is 5.43. The Bertz CT molecular complexity index is 650. The van der Waals surface area contributed by atoms with Gasteiger partial charge in [0.05, 0.1) is 13.2 Å². The van der Waals surface area contributed by atoms with Crippen LogP contribution in [0.25, 0.3) is 0 Å². The molecule has 1 saturated heterocycles. The summed E-state index contributed by atoms with van der Waals surface area (Å²) in [6.45, 7) is 11.3. The van der Waals surface area contributed by atoms with E-state index >= 15 is 0 Å². The molecule has 5 nitrogen and oxygen atoms in total. The van der Waals surface area contributed by atoms with Gasteiger partial charge in [-0.3, -0.25) is 0 Å². The first kappa shape index (κ1) is 23.7. The van der Waals surface area contributed by atoms with Gasteiger partial charge in [0.25, 0.3) is 0 Å². The number of ether oxygens (including phenoxy) is 2. The van der Waals surface area contributed by atoms with Crippen molar-refractivity contribution >= 4 is 0 Å². The third-order valence-electron chi connectivity index (χ3n) is 7.23. The van der Waals surface area contributed by atoms with Crippen molar-refractivity contribution < 1.29 is 24.8 Å². The maximum atomic E-state index is 10.2. The van der Waals surface area contributed by atoms with Gasteiger partial charge in [0.2, 0.25) is 0 Å². The minimum atomic E-state index is -1.24. The molecule has 0 aromatic carbocycles. The van der Waals surface area contributed by atoms with Gasteiger partial charge in [-0.2, -0.15) is 0 Å². The molecule has 2 fully saturated rings. The third kappa shape index (κ3) is 5.63. The van der Waals surface area contributed by atoms with Gasteiger partial charge < -0.3 is 24.8 Å². The standard InChI is InChI=1S/C25H40O5/c1-15(2)6-5-7-18(13-29-25-24(28)23(27)22(26)14-30-25)20-11-9-17(4)19-10-8-16(3)12-21(19)20/h6,12,18-28H,4-5,7-11,13-14H2,1-3H3/t18-,19-,20+,21-,22?,23?,24?,25?/m1/s1. The molecule has 3 N–H and O–H groups in total. The van der Waals surface area contributed by atoms with E-state index in [-0.39, 0.29) is 6.61 Å². The van der Waals surface area contributed by atoms with Gasteiger partial charge in [0.1, 0.15) is 18.3 Å². The molecular formula is C25H40O5. The highest BCUT2D eigenvalue weighted by Crippen LogP contribution is 2.48. The van der Waals surface area contributed by atoms with E-state index in [1.165, 1.54) is 23.1 Å². The first-order chi connectivity index (χ1) is 14.3. The van der Waals surface area contributed by atoms with E-state index < -0.39 is 24.6 Å². The lowest BCUT2D eigenvalue weighted by atomic mass is 9.61. The summed E-state index contributed by atoms with van der Waals surface area (Å²) in [6.07, 6.45) is 6.88. The molecule has 1 heterocycles. The normalized spacial score (nSPS) is 37.9. The smallest absolute Gasteiger partial charge is 0.186 e. The number of hydrogen-bond acceptors (Lipinski definition) is 5. The van der Waals surface area contributed by atoms with Crippen LogP contribution in [0.5, 0.6) is 0 Å². The van der Waals surface area contributed by atoms with Crippen LogP contribution in [0.4, 0.5) is 0 Å². The van der Waals surface area contributed by atoms with Gasteiger partial charge in [-0.15, -0.1) is 0 Å². The van der Waals surface area contributed by atoms with Crippen molar-refractivity contribution in [2.75, 3.05) is 13.2 Å². The Hall–Kier alpha value is -0.980. The zero-order valence-electron chi connectivity index (χ0n) is 18.8. The minimum Gasteiger partial charge on any atom is -0.388 e. The monoisotopic (exact) mass is 420 g/mol. The Morgan fingerprint density at radius 3 is 2.73 bits per heavy atom.